The summed E-state index contributed by atoms with van der Waals surface area (Å²) in [5, 5.41) is 1.12. The second kappa shape index (κ2) is 6.14. The summed E-state index contributed by atoms with van der Waals surface area (Å²) in [4.78, 5) is 17.3. The molecule has 0 spiro atoms. The van der Waals surface area contributed by atoms with Crippen molar-refractivity contribution >= 4 is 17.0 Å². The number of aromatic nitrogens is 1. The maximum Gasteiger partial charge on any atom is 0.410 e. The molecule has 0 bridgehead atoms. The van der Waals surface area contributed by atoms with Gasteiger partial charge in [-0.25, -0.2) is 4.79 Å². The van der Waals surface area contributed by atoms with Crippen molar-refractivity contribution in [3.63, 3.8) is 0 Å². The smallest absolute Gasteiger partial charge is 0.410 e. The normalized spacial score (nSPS) is 18.4. The van der Waals surface area contributed by atoms with E-state index in [-0.39, 0.29) is 12.1 Å². The van der Waals surface area contributed by atoms with Gasteiger partial charge in [-0.05, 0) is 45.7 Å². The number of carbonyl (C=O) groups excluding carboxylic acids is 1. The molecule has 1 aliphatic heterocycles. The quantitative estimate of drug-likeness (QED) is 0.933. The summed E-state index contributed by atoms with van der Waals surface area (Å²) in [6.07, 6.45) is 3.58. The van der Waals surface area contributed by atoms with E-state index in [1.54, 1.807) is 4.90 Å². The molecular weight excluding hydrogens is 292 g/mol. The standard InChI is InChI=1S/C18H24N2O3/c1-18(2,3)23-17(21)20-11-5-7-14(20)12-22-15-8-4-6-13-9-10-19-16(13)15/h4,6,8-10,14,19H,5,7,11-12H2,1-3H3. The maximum atomic E-state index is 12.3. The van der Waals surface area contributed by atoms with Gasteiger partial charge in [0.05, 0.1) is 11.6 Å². The van der Waals surface area contributed by atoms with E-state index in [1.807, 2.05) is 51.2 Å². The molecule has 3 rings (SSSR count). The molecule has 1 atom stereocenters. The monoisotopic (exact) mass is 316 g/mol. The highest BCUT2D eigenvalue weighted by Crippen LogP contribution is 2.26. The zero-order valence-corrected chi connectivity index (χ0v) is 14.0. The molecule has 1 amide bonds. The number of ether oxygens (including phenoxy) is 2. The van der Waals surface area contributed by atoms with E-state index in [4.69, 9.17) is 9.47 Å². The molecule has 5 heteroatoms. The number of rotatable bonds is 3. The van der Waals surface area contributed by atoms with Gasteiger partial charge in [-0.15, -0.1) is 0 Å². The van der Waals surface area contributed by atoms with Gasteiger partial charge in [-0.2, -0.15) is 0 Å². The minimum absolute atomic E-state index is 0.0649. The Morgan fingerprint density at radius 3 is 2.96 bits per heavy atom. The predicted octanol–water partition coefficient (Wildman–Crippen LogP) is 3.95. The van der Waals surface area contributed by atoms with Crippen molar-refractivity contribution in [3.8, 4) is 5.75 Å². The summed E-state index contributed by atoms with van der Waals surface area (Å²) >= 11 is 0. The minimum atomic E-state index is -0.471. The first-order valence-electron chi connectivity index (χ1n) is 8.12. The Balaban J connectivity index is 1.65. The molecule has 0 radical (unpaired) electrons. The number of carbonyl (C=O) groups is 1. The van der Waals surface area contributed by atoms with E-state index in [0.717, 1.165) is 36.0 Å². The Kier molecular flexibility index (Phi) is 4.20. The van der Waals surface area contributed by atoms with Crippen LogP contribution in [0.3, 0.4) is 0 Å². The van der Waals surface area contributed by atoms with Crippen molar-refractivity contribution in [2.24, 2.45) is 0 Å². The number of nitrogens with zero attached hydrogens (tertiary/aromatic N) is 1. The SMILES string of the molecule is CC(C)(C)OC(=O)N1CCCC1COc1cccc2cc[nH]c12. The molecule has 1 fully saturated rings. The fourth-order valence-electron chi connectivity index (χ4n) is 2.93. The number of hydrogen-bond donors (Lipinski definition) is 1. The van der Waals surface area contributed by atoms with Gasteiger partial charge in [-0.1, -0.05) is 12.1 Å². The van der Waals surface area contributed by atoms with Crippen molar-refractivity contribution < 1.29 is 14.3 Å². The molecule has 124 valence electrons. The number of H-pyrrole nitrogens is 1. The molecule has 0 aliphatic carbocycles. The average molecular weight is 316 g/mol. The molecule has 1 saturated heterocycles. The molecule has 1 unspecified atom stereocenters. The van der Waals surface area contributed by atoms with Crippen LogP contribution in [0.4, 0.5) is 4.79 Å². The lowest BCUT2D eigenvalue weighted by atomic mass is 10.2. The number of aromatic amines is 1. The molecular formula is C18H24N2O3. The number of benzene rings is 1. The van der Waals surface area contributed by atoms with E-state index < -0.39 is 5.60 Å². The summed E-state index contributed by atoms with van der Waals surface area (Å²) in [6.45, 7) is 6.88. The van der Waals surface area contributed by atoms with Crippen LogP contribution in [0.15, 0.2) is 30.5 Å². The largest absolute Gasteiger partial charge is 0.489 e. The van der Waals surface area contributed by atoms with E-state index in [0.29, 0.717) is 6.61 Å². The number of nitrogens with one attached hydrogen (secondary N) is 1. The Hall–Kier alpha value is -2.17. The molecule has 1 aromatic carbocycles. The third-order valence-electron chi connectivity index (χ3n) is 3.99. The molecule has 1 aromatic heterocycles. The van der Waals surface area contributed by atoms with Crippen LogP contribution < -0.4 is 4.74 Å². The van der Waals surface area contributed by atoms with Gasteiger partial charge >= 0.3 is 6.09 Å². The van der Waals surface area contributed by atoms with Gasteiger partial charge in [0.1, 0.15) is 18.0 Å². The lowest BCUT2D eigenvalue weighted by Gasteiger charge is -2.28. The first-order valence-corrected chi connectivity index (χ1v) is 8.12. The summed E-state index contributed by atoms with van der Waals surface area (Å²) < 4.78 is 11.5. The molecule has 2 aromatic rings. The van der Waals surface area contributed by atoms with Crippen molar-refractivity contribution in [2.75, 3.05) is 13.2 Å². The summed E-state index contributed by atoms with van der Waals surface area (Å²) in [5.41, 5.74) is 0.523. The highest BCUT2D eigenvalue weighted by molar-refractivity contribution is 5.85. The number of para-hydroxylation sites is 1. The molecule has 1 aliphatic rings. The average Bonchev–Trinajstić information content (AvgIpc) is 3.12. The third kappa shape index (κ3) is 3.60. The fraction of sp³-hybridized carbons (Fsp3) is 0.500. The number of amides is 1. The maximum absolute atomic E-state index is 12.3. The Morgan fingerprint density at radius 2 is 2.17 bits per heavy atom. The van der Waals surface area contributed by atoms with E-state index in [9.17, 15) is 4.79 Å². The van der Waals surface area contributed by atoms with Gasteiger partial charge in [-0.3, -0.25) is 0 Å². The Morgan fingerprint density at radius 1 is 1.35 bits per heavy atom. The van der Waals surface area contributed by atoms with Crippen LogP contribution in [0, 0.1) is 0 Å². The lowest BCUT2D eigenvalue weighted by Crippen LogP contribution is -2.42. The number of fused-ring (bicyclic) bond motifs is 1. The van der Waals surface area contributed by atoms with Crippen LogP contribution >= 0.6 is 0 Å². The van der Waals surface area contributed by atoms with Crippen LogP contribution in [0.25, 0.3) is 10.9 Å². The van der Waals surface area contributed by atoms with E-state index in [1.165, 1.54) is 0 Å². The van der Waals surface area contributed by atoms with Crippen LogP contribution in [-0.2, 0) is 4.74 Å². The highest BCUT2D eigenvalue weighted by atomic mass is 16.6. The van der Waals surface area contributed by atoms with Crippen LogP contribution in [0.2, 0.25) is 0 Å². The Bertz CT molecular complexity index is 687. The van der Waals surface area contributed by atoms with Crippen LogP contribution in [0.1, 0.15) is 33.6 Å². The van der Waals surface area contributed by atoms with Gasteiger partial charge in [0.25, 0.3) is 0 Å². The summed E-state index contributed by atoms with van der Waals surface area (Å²) in [7, 11) is 0. The first kappa shape index (κ1) is 15.7. The molecule has 5 nitrogen and oxygen atoms in total. The number of likely N-dealkylation sites (tertiary alicyclic amines) is 1. The van der Waals surface area contributed by atoms with Gasteiger partial charge in [0.2, 0.25) is 0 Å². The fourth-order valence-corrected chi connectivity index (χ4v) is 2.93. The Labute approximate surface area is 136 Å². The zero-order chi connectivity index (χ0) is 16.4. The predicted molar refractivity (Wildman–Crippen MR) is 89.8 cm³/mol. The topological polar surface area (TPSA) is 54.6 Å². The minimum Gasteiger partial charge on any atom is -0.489 e. The van der Waals surface area contributed by atoms with Crippen molar-refractivity contribution in [2.45, 2.75) is 45.3 Å². The third-order valence-corrected chi connectivity index (χ3v) is 3.99. The zero-order valence-electron chi connectivity index (χ0n) is 14.0. The van der Waals surface area contributed by atoms with Crippen LogP contribution in [-0.4, -0.2) is 40.8 Å². The van der Waals surface area contributed by atoms with Crippen molar-refractivity contribution in [3.05, 3.63) is 30.5 Å². The van der Waals surface area contributed by atoms with Gasteiger partial charge in [0.15, 0.2) is 0 Å². The molecule has 1 N–H and O–H groups in total. The second-order valence-corrected chi connectivity index (χ2v) is 6.98. The molecule has 0 saturated carbocycles. The summed E-state index contributed by atoms with van der Waals surface area (Å²) in [6, 6.07) is 8.05. The summed E-state index contributed by atoms with van der Waals surface area (Å²) in [5.74, 6) is 0.823. The van der Waals surface area contributed by atoms with E-state index >= 15 is 0 Å². The van der Waals surface area contributed by atoms with Crippen molar-refractivity contribution in [1.82, 2.24) is 9.88 Å². The lowest BCUT2D eigenvalue weighted by molar-refractivity contribution is 0.0188. The molecule has 2 heterocycles. The molecule has 23 heavy (non-hydrogen) atoms. The second-order valence-electron chi connectivity index (χ2n) is 6.98. The van der Waals surface area contributed by atoms with E-state index in [2.05, 4.69) is 4.98 Å². The van der Waals surface area contributed by atoms with Gasteiger partial charge in [0, 0.05) is 18.1 Å². The first-order chi connectivity index (χ1) is 10.9. The number of hydrogen-bond acceptors (Lipinski definition) is 3. The highest BCUT2D eigenvalue weighted by Gasteiger charge is 2.32. The van der Waals surface area contributed by atoms with Crippen LogP contribution in [0.5, 0.6) is 5.75 Å². The van der Waals surface area contributed by atoms with Gasteiger partial charge < -0.3 is 19.4 Å². The van der Waals surface area contributed by atoms with Crippen molar-refractivity contribution in [1.29, 1.82) is 0 Å².